The van der Waals surface area contributed by atoms with Gasteiger partial charge >= 0.3 is 6.09 Å². The quantitative estimate of drug-likeness (QED) is 0.205. The molecule has 1 aliphatic carbocycles. The van der Waals surface area contributed by atoms with Crippen molar-refractivity contribution < 1.29 is 47.2 Å². The molecule has 2 aromatic carbocycles. The Morgan fingerprint density at radius 1 is 1.02 bits per heavy atom. The number of ether oxygens (including phenoxy) is 4. The lowest BCUT2D eigenvalue weighted by Crippen LogP contribution is -2.58. The largest absolute Gasteiger partial charge is 0.465 e. The smallest absolute Gasteiger partial charge is 0.407 e. The number of aliphatic hydroxyl groups is 1. The molecule has 0 spiro atoms. The first-order valence-corrected chi connectivity index (χ1v) is 19.0. The summed E-state index contributed by atoms with van der Waals surface area (Å²) in [7, 11) is -4.22. The van der Waals surface area contributed by atoms with Gasteiger partial charge in [-0.1, -0.05) is 50.6 Å². The first kappa shape index (κ1) is 36.4. The lowest BCUT2D eigenvalue weighted by atomic mass is 9.87. The van der Waals surface area contributed by atoms with Crippen molar-refractivity contribution in [1.82, 2.24) is 14.5 Å². The number of hydrogen-bond acceptors (Lipinski definition) is 9. The van der Waals surface area contributed by atoms with Gasteiger partial charge in [0.25, 0.3) is 0 Å². The molecule has 14 heteroatoms. The maximum atomic E-state index is 14.5. The Bertz CT molecular complexity index is 1600. The van der Waals surface area contributed by atoms with Crippen molar-refractivity contribution in [1.29, 1.82) is 0 Å². The van der Waals surface area contributed by atoms with Crippen LogP contribution in [0.15, 0.2) is 53.4 Å². The molecule has 1 saturated carbocycles. The van der Waals surface area contributed by atoms with Crippen LogP contribution in [0.2, 0.25) is 0 Å². The molecule has 3 fully saturated rings. The van der Waals surface area contributed by atoms with Gasteiger partial charge in [-0.05, 0) is 61.6 Å². The summed E-state index contributed by atoms with van der Waals surface area (Å²) in [5.74, 6) is 0.799. The molecule has 2 saturated heterocycles. The summed E-state index contributed by atoms with van der Waals surface area (Å²) in [5.41, 5.74) is 0.277. The maximum absolute atomic E-state index is 14.5. The predicted octanol–water partition coefficient (Wildman–Crippen LogP) is 3.84. The van der Waals surface area contributed by atoms with Gasteiger partial charge in [0, 0.05) is 37.5 Å². The monoisotopic (exact) mass is 715 g/mol. The Balaban J connectivity index is 1.25. The molecule has 3 aliphatic heterocycles. The van der Waals surface area contributed by atoms with E-state index in [9.17, 15) is 28.2 Å². The van der Waals surface area contributed by atoms with Crippen LogP contribution in [-0.2, 0) is 30.7 Å². The van der Waals surface area contributed by atoms with Crippen LogP contribution in [-0.4, -0.2) is 104 Å². The predicted molar refractivity (Wildman–Crippen MR) is 182 cm³/mol. The summed E-state index contributed by atoms with van der Waals surface area (Å²) in [6, 6.07) is 12.2. The Morgan fingerprint density at radius 2 is 1.78 bits per heavy atom. The van der Waals surface area contributed by atoms with Crippen molar-refractivity contribution in [3.63, 3.8) is 0 Å². The van der Waals surface area contributed by atoms with Crippen LogP contribution in [0.1, 0.15) is 57.9 Å². The molecule has 6 rings (SSSR count). The van der Waals surface area contributed by atoms with E-state index in [1.54, 1.807) is 6.07 Å². The van der Waals surface area contributed by atoms with E-state index >= 15 is 0 Å². The fraction of sp³-hybridized carbons (Fsp3) is 0.611. The molecule has 0 unspecified atom stereocenters. The number of hydrogen-bond donors (Lipinski definition) is 3. The molecule has 274 valence electrons. The zero-order valence-corrected chi connectivity index (χ0v) is 29.6. The number of unbranched alkanes of at least 4 members (excludes halogenated alkanes) is 1. The van der Waals surface area contributed by atoms with Crippen molar-refractivity contribution in [2.45, 2.75) is 88.2 Å². The highest BCUT2D eigenvalue weighted by atomic mass is 32.2. The molecule has 2 amide bonds. The van der Waals surface area contributed by atoms with E-state index < -0.39 is 46.0 Å². The number of carboxylic acid groups (broad SMARTS) is 1. The van der Waals surface area contributed by atoms with E-state index in [0.29, 0.717) is 37.5 Å². The third-order valence-corrected chi connectivity index (χ3v) is 12.0. The summed E-state index contributed by atoms with van der Waals surface area (Å²) in [4.78, 5) is 26.3. The molecule has 0 aromatic heterocycles. The minimum atomic E-state index is -4.22. The Kier molecular flexibility index (Phi) is 11.2. The highest BCUT2D eigenvalue weighted by molar-refractivity contribution is 7.89. The first-order chi connectivity index (χ1) is 23.9. The van der Waals surface area contributed by atoms with Crippen LogP contribution >= 0.6 is 0 Å². The van der Waals surface area contributed by atoms with Crippen LogP contribution in [0, 0.1) is 17.3 Å². The molecular weight excluding hydrogens is 666 g/mol. The van der Waals surface area contributed by atoms with Gasteiger partial charge in [0.15, 0.2) is 17.8 Å². The van der Waals surface area contributed by atoms with Gasteiger partial charge in [0.2, 0.25) is 22.7 Å². The number of sulfonamides is 1. The van der Waals surface area contributed by atoms with Gasteiger partial charge in [-0.25, -0.2) is 13.2 Å². The van der Waals surface area contributed by atoms with Gasteiger partial charge in [-0.2, -0.15) is 4.31 Å². The summed E-state index contributed by atoms with van der Waals surface area (Å²) < 4.78 is 52.6. The number of nitrogens with one attached hydrogen (secondary N) is 1. The number of amides is 2. The average Bonchev–Trinajstić information content (AvgIpc) is 3.44. The highest BCUT2D eigenvalue weighted by Gasteiger charge is 2.49. The van der Waals surface area contributed by atoms with Crippen LogP contribution in [0.5, 0.6) is 11.5 Å². The standard InChI is InChI=1S/C36H49N3O10S/c1-36(2,15-6-7-16-37-33(41)25-10-11-25)22-38(50(44,45)26-12-13-31-32(19-26)49-23-48-31)20-30(40)28(18-24-8-4-3-5-9-24)39(35(42)43)29-21-47-34-27(29)14-17-46-34/h3-5,8-9,12-13,19,25,27-30,34,40H,6-7,10-11,14-18,20-23H2,1-2H3,(H,37,41)(H,42,43)/t27-,28-,29-,30+,34+/m0/s1. The van der Waals surface area contributed by atoms with Crippen molar-refractivity contribution >= 4 is 22.0 Å². The second kappa shape index (κ2) is 15.4. The van der Waals surface area contributed by atoms with Crippen LogP contribution in [0.4, 0.5) is 4.79 Å². The second-order valence-electron chi connectivity index (χ2n) is 14.6. The number of nitrogens with zero attached hydrogens (tertiary/aromatic N) is 2. The van der Waals surface area contributed by atoms with E-state index in [1.807, 2.05) is 44.2 Å². The minimum absolute atomic E-state index is 0.0145. The van der Waals surface area contributed by atoms with Crippen LogP contribution in [0.3, 0.4) is 0 Å². The van der Waals surface area contributed by atoms with E-state index in [1.165, 1.54) is 21.3 Å². The molecule has 5 atom stereocenters. The Labute approximate surface area is 293 Å². The summed E-state index contributed by atoms with van der Waals surface area (Å²) in [5, 5.41) is 25.7. The van der Waals surface area contributed by atoms with Crippen molar-refractivity contribution in [2.75, 3.05) is 39.6 Å². The Morgan fingerprint density at radius 3 is 2.52 bits per heavy atom. The molecular formula is C36H49N3O10S. The minimum Gasteiger partial charge on any atom is -0.465 e. The number of carbonyl (C=O) groups excluding carboxylic acids is 1. The fourth-order valence-corrected chi connectivity index (χ4v) is 8.95. The van der Waals surface area contributed by atoms with Gasteiger partial charge < -0.3 is 34.5 Å². The molecule has 0 bridgehead atoms. The topological polar surface area (TPSA) is 164 Å². The molecule has 3 N–H and O–H groups in total. The SMILES string of the molecule is CC(C)(CCCCNC(=O)C1CC1)CN(C[C@@H](O)[C@H](Cc1ccccc1)N(C(=O)O)[C@H]1CO[C@H]2OCC[C@H]21)S(=O)(=O)c1ccc2c(c1)OCO2. The molecule has 3 heterocycles. The number of carbonyl (C=O) groups is 2. The summed E-state index contributed by atoms with van der Waals surface area (Å²) in [6.07, 6.45) is 1.71. The van der Waals surface area contributed by atoms with Crippen LogP contribution < -0.4 is 14.8 Å². The number of benzene rings is 2. The lowest BCUT2D eigenvalue weighted by Gasteiger charge is -2.40. The number of aliphatic hydroxyl groups excluding tert-OH is 1. The van der Waals surface area contributed by atoms with Gasteiger partial charge in [0.1, 0.15) is 0 Å². The van der Waals surface area contributed by atoms with Gasteiger partial charge in [-0.3, -0.25) is 9.69 Å². The number of fused-ring (bicyclic) bond motifs is 2. The Hall–Kier alpha value is -3.43. The summed E-state index contributed by atoms with van der Waals surface area (Å²) >= 11 is 0. The van der Waals surface area contributed by atoms with Crippen molar-refractivity contribution in [2.24, 2.45) is 17.3 Å². The highest BCUT2D eigenvalue weighted by Crippen LogP contribution is 2.38. The zero-order valence-electron chi connectivity index (χ0n) is 28.7. The van der Waals surface area contributed by atoms with Crippen LogP contribution in [0.25, 0.3) is 0 Å². The molecule has 13 nitrogen and oxygen atoms in total. The second-order valence-corrected chi connectivity index (χ2v) is 16.5. The van der Waals surface area contributed by atoms with Gasteiger partial charge in [0.05, 0.1) is 36.3 Å². The van der Waals surface area contributed by atoms with E-state index in [-0.39, 0.29) is 55.5 Å². The summed E-state index contributed by atoms with van der Waals surface area (Å²) in [6.45, 7) is 4.79. The van der Waals surface area contributed by atoms with E-state index in [4.69, 9.17) is 18.9 Å². The zero-order chi connectivity index (χ0) is 35.5. The fourth-order valence-electron chi connectivity index (χ4n) is 7.28. The lowest BCUT2D eigenvalue weighted by molar-refractivity contribution is -0.122. The van der Waals surface area contributed by atoms with Crippen molar-refractivity contribution in [3.8, 4) is 11.5 Å². The molecule has 50 heavy (non-hydrogen) atoms. The van der Waals surface area contributed by atoms with Crippen molar-refractivity contribution in [3.05, 3.63) is 54.1 Å². The van der Waals surface area contributed by atoms with E-state index in [0.717, 1.165) is 31.2 Å². The third kappa shape index (κ3) is 8.53. The first-order valence-electron chi connectivity index (χ1n) is 17.6. The maximum Gasteiger partial charge on any atom is 0.407 e. The average molecular weight is 716 g/mol. The normalized spacial score (nSPS) is 22.7. The van der Waals surface area contributed by atoms with Gasteiger partial charge in [-0.15, -0.1) is 0 Å². The molecule has 4 aliphatic rings. The van der Waals surface area contributed by atoms with E-state index in [2.05, 4.69) is 5.32 Å². The number of rotatable bonds is 17. The molecule has 2 aromatic rings. The molecule has 0 radical (unpaired) electrons. The third-order valence-electron chi connectivity index (χ3n) is 10.2.